The summed E-state index contributed by atoms with van der Waals surface area (Å²) in [4.78, 5) is 25.2. The smallest absolute Gasteiger partial charge is 0.254 e. The molecule has 0 aliphatic carbocycles. The Hall–Kier alpha value is -2.51. The van der Waals surface area contributed by atoms with Crippen LogP contribution in [-0.4, -0.2) is 71.9 Å². The fourth-order valence-corrected chi connectivity index (χ4v) is 3.02. The van der Waals surface area contributed by atoms with E-state index < -0.39 is 6.10 Å². The van der Waals surface area contributed by atoms with Crippen LogP contribution in [0.1, 0.15) is 17.3 Å². The molecule has 1 saturated heterocycles. The highest BCUT2D eigenvalue weighted by molar-refractivity contribution is 5.95. The van der Waals surface area contributed by atoms with Crippen molar-refractivity contribution in [1.82, 2.24) is 14.9 Å². The SMILES string of the molecule is CCN(C(=O)c1ccc(-c2cncc(N(C)C)n2)cc1)[C@H]1COC[C@@H]1O. The van der Waals surface area contributed by atoms with Gasteiger partial charge in [0.1, 0.15) is 5.82 Å². The van der Waals surface area contributed by atoms with E-state index in [0.29, 0.717) is 18.7 Å². The number of hydrogen-bond donors (Lipinski definition) is 1. The highest BCUT2D eigenvalue weighted by Gasteiger charge is 2.34. The van der Waals surface area contributed by atoms with Crippen LogP contribution in [-0.2, 0) is 4.74 Å². The molecule has 1 N–H and O–H groups in total. The van der Waals surface area contributed by atoms with Gasteiger partial charge in [0.2, 0.25) is 0 Å². The molecule has 26 heavy (non-hydrogen) atoms. The number of aliphatic hydroxyl groups is 1. The summed E-state index contributed by atoms with van der Waals surface area (Å²) in [7, 11) is 3.83. The zero-order valence-electron chi connectivity index (χ0n) is 15.3. The van der Waals surface area contributed by atoms with Crippen molar-refractivity contribution in [3.63, 3.8) is 0 Å². The first-order valence-corrected chi connectivity index (χ1v) is 8.68. The lowest BCUT2D eigenvalue weighted by Gasteiger charge is -2.28. The van der Waals surface area contributed by atoms with Gasteiger partial charge in [-0.15, -0.1) is 0 Å². The normalized spacial score (nSPS) is 19.4. The van der Waals surface area contributed by atoms with Crippen molar-refractivity contribution in [2.75, 3.05) is 38.8 Å². The van der Waals surface area contributed by atoms with E-state index in [1.54, 1.807) is 29.4 Å². The molecule has 1 aliphatic rings. The third kappa shape index (κ3) is 3.68. The lowest BCUT2D eigenvalue weighted by atomic mass is 10.1. The molecule has 2 atom stereocenters. The Bertz CT molecular complexity index is 764. The van der Waals surface area contributed by atoms with Crippen LogP contribution in [0.25, 0.3) is 11.3 Å². The molecule has 1 aliphatic heterocycles. The van der Waals surface area contributed by atoms with Crippen molar-refractivity contribution in [2.24, 2.45) is 0 Å². The molecule has 7 nitrogen and oxygen atoms in total. The Morgan fingerprint density at radius 3 is 2.54 bits per heavy atom. The monoisotopic (exact) mass is 356 g/mol. The van der Waals surface area contributed by atoms with Gasteiger partial charge in [0.05, 0.1) is 43.4 Å². The van der Waals surface area contributed by atoms with Crippen LogP contribution in [0.2, 0.25) is 0 Å². The van der Waals surface area contributed by atoms with Crippen molar-refractivity contribution >= 4 is 11.7 Å². The van der Waals surface area contributed by atoms with Crippen molar-refractivity contribution in [2.45, 2.75) is 19.1 Å². The van der Waals surface area contributed by atoms with E-state index in [1.807, 2.05) is 38.1 Å². The standard InChI is InChI=1S/C19H24N4O3/c1-4-23(16-11-26-12-17(16)24)19(25)14-7-5-13(6-8-14)15-9-20-10-18(21-15)22(2)3/h5-10,16-17,24H,4,11-12H2,1-3H3/t16-,17-/m0/s1. The second-order valence-corrected chi connectivity index (χ2v) is 6.50. The number of benzene rings is 1. The van der Waals surface area contributed by atoms with Crippen LogP contribution in [0.5, 0.6) is 0 Å². The molecular weight excluding hydrogens is 332 g/mol. The second-order valence-electron chi connectivity index (χ2n) is 6.50. The van der Waals surface area contributed by atoms with E-state index in [9.17, 15) is 9.90 Å². The summed E-state index contributed by atoms with van der Waals surface area (Å²) in [5.41, 5.74) is 2.22. The number of amides is 1. The molecule has 1 amide bonds. The summed E-state index contributed by atoms with van der Waals surface area (Å²) in [6, 6.07) is 7.01. The predicted molar refractivity (Wildman–Crippen MR) is 99.1 cm³/mol. The second kappa shape index (κ2) is 7.80. The summed E-state index contributed by atoms with van der Waals surface area (Å²) in [6.07, 6.45) is 2.77. The van der Waals surface area contributed by atoms with Gasteiger partial charge in [-0.2, -0.15) is 0 Å². The number of carbonyl (C=O) groups excluding carboxylic acids is 1. The van der Waals surface area contributed by atoms with Gasteiger partial charge >= 0.3 is 0 Å². The average Bonchev–Trinajstić information content (AvgIpc) is 3.08. The van der Waals surface area contributed by atoms with Crippen molar-refractivity contribution in [1.29, 1.82) is 0 Å². The van der Waals surface area contributed by atoms with E-state index in [4.69, 9.17) is 4.74 Å². The maximum atomic E-state index is 12.8. The lowest BCUT2D eigenvalue weighted by molar-refractivity contribution is 0.0520. The molecule has 2 heterocycles. The van der Waals surface area contributed by atoms with Gasteiger partial charge in [0, 0.05) is 31.8 Å². The molecule has 1 aromatic carbocycles. The number of anilines is 1. The Labute approximate surface area is 153 Å². The molecule has 1 aromatic heterocycles. The van der Waals surface area contributed by atoms with E-state index in [2.05, 4.69) is 9.97 Å². The van der Waals surface area contributed by atoms with Crippen LogP contribution >= 0.6 is 0 Å². The quantitative estimate of drug-likeness (QED) is 0.873. The first-order chi connectivity index (χ1) is 12.5. The number of hydrogen-bond acceptors (Lipinski definition) is 6. The van der Waals surface area contributed by atoms with Gasteiger partial charge in [-0.25, -0.2) is 4.98 Å². The number of rotatable bonds is 5. The first-order valence-electron chi connectivity index (χ1n) is 8.68. The predicted octanol–water partition coefficient (Wildman–Crippen LogP) is 1.43. The Kier molecular flexibility index (Phi) is 5.49. The highest BCUT2D eigenvalue weighted by Crippen LogP contribution is 2.21. The summed E-state index contributed by atoms with van der Waals surface area (Å²) < 4.78 is 5.28. The maximum absolute atomic E-state index is 12.8. The fraction of sp³-hybridized carbons (Fsp3) is 0.421. The van der Waals surface area contributed by atoms with Gasteiger partial charge in [0.15, 0.2) is 0 Å². The molecule has 0 bridgehead atoms. The molecule has 0 unspecified atom stereocenters. The minimum absolute atomic E-state index is 0.110. The minimum Gasteiger partial charge on any atom is -0.388 e. The lowest BCUT2D eigenvalue weighted by Crippen LogP contribution is -2.46. The summed E-state index contributed by atoms with van der Waals surface area (Å²) in [5.74, 6) is 0.664. The largest absolute Gasteiger partial charge is 0.388 e. The number of nitrogens with zero attached hydrogens (tertiary/aromatic N) is 4. The number of carbonyl (C=O) groups is 1. The van der Waals surface area contributed by atoms with Gasteiger partial charge in [0.25, 0.3) is 5.91 Å². The summed E-state index contributed by atoms with van der Waals surface area (Å²) >= 11 is 0. The highest BCUT2D eigenvalue weighted by atomic mass is 16.5. The Balaban J connectivity index is 1.80. The maximum Gasteiger partial charge on any atom is 0.254 e. The number of likely N-dealkylation sites (N-methyl/N-ethyl adjacent to an activating group) is 1. The molecule has 3 rings (SSSR count). The third-order valence-electron chi connectivity index (χ3n) is 4.53. The zero-order valence-corrected chi connectivity index (χ0v) is 15.3. The number of aromatic nitrogens is 2. The van der Waals surface area contributed by atoms with E-state index >= 15 is 0 Å². The Morgan fingerprint density at radius 2 is 1.96 bits per heavy atom. The minimum atomic E-state index is -0.637. The Morgan fingerprint density at radius 1 is 1.23 bits per heavy atom. The average molecular weight is 356 g/mol. The van der Waals surface area contributed by atoms with Crippen LogP contribution in [0.4, 0.5) is 5.82 Å². The molecule has 138 valence electrons. The summed E-state index contributed by atoms with van der Waals surface area (Å²) in [5, 5.41) is 10.0. The van der Waals surface area contributed by atoms with Gasteiger partial charge in [-0.1, -0.05) is 12.1 Å². The van der Waals surface area contributed by atoms with Crippen molar-refractivity contribution in [3.8, 4) is 11.3 Å². The van der Waals surface area contributed by atoms with Gasteiger partial charge in [-0.3, -0.25) is 9.78 Å². The molecule has 0 radical (unpaired) electrons. The van der Waals surface area contributed by atoms with Crippen LogP contribution in [0.3, 0.4) is 0 Å². The summed E-state index contributed by atoms with van der Waals surface area (Å²) in [6.45, 7) is 3.06. The van der Waals surface area contributed by atoms with Crippen LogP contribution < -0.4 is 4.90 Å². The molecule has 0 saturated carbocycles. The van der Waals surface area contributed by atoms with E-state index in [-0.39, 0.29) is 18.6 Å². The zero-order chi connectivity index (χ0) is 18.7. The van der Waals surface area contributed by atoms with Crippen LogP contribution in [0, 0.1) is 0 Å². The molecule has 2 aromatic rings. The van der Waals surface area contributed by atoms with Crippen molar-refractivity contribution < 1.29 is 14.6 Å². The van der Waals surface area contributed by atoms with E-state index in [1.165, 1.54) is 0 Å². The topological polar surface area (TPSA) is 78.8 Å². The van der Waals surface area contributed by atoms with Crippen molar-refractivity contribution in [3.05, 3.63) is 42.2 Å². The van der Waals surface area contributed by atoms with Crippen LogP contribution in [0.15, 0.2) is 36.7 Å². The third-order valence-corrected chi connectivity index (χ3v) is 4.53. The van der Waals surface area contributed by atoms with Gasteiger partial charge in [-0.05, 0) is 19.1 Å². The molecule has 7 heteroatoms. The fourth-order valence-electron chi connectivity index (χ4n) is 3.02. The first kappa shape index (κ1) is 18.3. The number of ether oxygens (including phenoxy) is 1. The van der Waals surface area contributed by atoms with Gasteiger partial charge < -0.3 is 19.6 Å². The molecule has 1 fully saturated rings. The van der Waals surface area contributed by atoms with E-state index in [0.717, 1.165) is 17.1 Å². The molecular formula is C19H24N4O3. The molecule has 0 spiro atoms. The number of aliphatic hydroxyl groups excluding tert-OH is 1.